The molecule has 0 radical (unpaired) electrons. The summed E-state index contributed by atoms with van der Waals surface area (Å²) >= 11 is 0. The molecule has 1 aliphatic heterocycles. The number of nitrogens with zero attached hydrogens (tertiary/aromatic N) is 1. The van der Waals surface area contributed by atoms with Crippen LogP contribution in [0.15, 0.2) is 42.5 Å². The van der Waals surface area contributed by atoms with Crippen molar-refractivity contribution in [1.29, 1.82) is 0 Å². The SMILES string of the molecule is O=C(NC(CO)C(=O)NCCN1CCOCC1)c1ccc2c(c1)C(=O)c1ccccc1C2=O. The van der Waals surface area contributed by atoms with Gasteiger partial charge >= 0.3 is 0 Å². The summed E-state index contributed by atoms with van der Waals surface area (Å²) in [6, 6.07) is 9.63. The lowest BCUT2D eigenvalue weighted by Gasteiger charge is -2.26. The molecule has 1 atom stereocenters. The summed E-state index contributed by atoms with van der Waals surface area (Å²) < 4.78 is 5.28. The molecule has 9 nitrogen and oxygen atoms in total. The first-order valence-corrected chi connectivity index (χ1v) is 10.8. The minimum absolute atomic E-state index is 0.119. The number of hydrogen-bond acceptors (Lipinski definition) is 7. The predicted molar refractivity (Wildman–Crippen MR) is 118 cm³/mol. The zero-order chi connectivity index (χ0) is 23.4. The summed E-state index contributed by atoms with van der Waals surface area (Å²) in [4.78, 5) is 52.9. The van der Waals surface area contributed by atoms with Crippen molar-refractivity contribution in [3.05, 3.63) is 70.3 Å². The van der Waals surface area contributed by atoms with Crippen molar-refractivity contribution in [1.82, 2.24) is 15.5 Å². The lowest BCUT2D eigenvalue weighted by atomic mass is 9.83. The second-order valence-corrected chi connectivity index (χ2v) is 7.92. The Balaban J connectivity index is 1.40. The number of carbonyl (C=O) groups is 4. The Morgan fingerprint density at radius 1 is 0.970 bits per heavy atom. The standard InChI is InChI=1S/C24H25N3O6/c28-14-20(24(32)25-7-8-27-9-11-33-12-10-27)26-23(31)15-5-6-18-19(13-15)22(30)17-4-2-1-3-16(17)21(18)29/h1-6,13,20,28H,7-12,14H2,(H,25,32)(H,26,31). The smallest absolute Gasteiger partial charge is 0.252 e. The third-order valence-electron chi connectivity index (χ3n) is 5.82. The Bertz CT molecular complexity index is 1090. The van der Waals surface area contributed by atoms with Crippen molar-refractivity contribution in [2.75, 3.05) is 46.0 Å². The molecule has 0 saturated carbocycles. The van der Waals surface area contributed by atoms with Gasteiger partial charge in [0.15, 0.2) is 11.6 Å². The number of aliphatic hydroxyl groups is 1. The number of morpholine rings is 1. The van der Waals surface area contributed by atoms with Gasteiger partial charge < -0.3 is 20.5 Å². The van der Waals surface area contributed by atoms with Crippen LogP contribution >= 0.6 is 0 Å². The summed E-state index contributed by atoms with van der Waals surface area (Å²) in [5.74, 6) is -1.74. The molecular formula is C24H25N3O6. The second kappa shape index (κ2) is 10.0. The van der Waals surface area contributed by atoms with Crippen molar-refractivity contribution in [2.45, 2.75) is 6.04 Å². The number of fused-ring (bicyclic) bond motifs is 2. The third-order valence-corrected chi connectivity index (χ3v) is 5.82. The molecular weight excluding hydrogens is 426 g/mol. The molecule has 1 heterocycles. The van der Waals surface area contributed by atoms with Gasteiger partial charge in [-0.3, -0.25) is 24.1 Å². The molecule has 2 aromatic carbocycles. The van der Waals surface area contributed by atoms with Crippen LogP contribution in [0, 0.1) is 0 Å². The van der Waals surface area contributed by atoms with Crippen LogP contribution in [0.3, 0.4) is 0 Å². The molecule has 1 saturated heterocycles. The first kappa shape index (κ1) is 22.8. The van der Waals surface area contributed by atoms with Crippen molar-refractivity contribution in [2.24, 2.45) is 0 Å². The molecule has 1 fully saturated rings. The summed E-state index contributed by atoms with van der Waals surface area (Å²) in [7, 11) is 0. The summed E-state index contributed by atoms with van der Waals surface area (Å²) in [5.41, 5.74) is 1.12. The fourth-order valence-corrected chi connectivity index (χ4v) is 3.96. The van der Waals surface area contributed by atoms with Crippen LogP contribution < -0.4 is 10.6 Å². The Labute approximate surface area is 190 Å². The first-order valence-electron chi connectivity index (χ1n) is 10.8. The van der Waals surface area contributed by atoms with Crippen molar-refractivity contribution in [3.8, 4) is 0 Å². The topological polar surface area (TPSA) is 125 Å². The van der Waals surface area contributed by atoms with Gasteiger partial charge in [0.2, 0.25) is 5.91 Å². The van der Waals surface area contributed by atoms with Gasteiger partial charge in [0, 0.05) is 54.0 Å². The van der Waals surface area contributed by atoms with Gasteiger partial charge in [-0.2, -0.15) is 0 Å². The summed E-state index contributed by atoms with van der Waals surface area (Å²) in [6.07, 6.45) is 0. The minimum Gasteiger partial charge on any atom is -0.394 e. The van der Waals surface area contributed by atoms with Crippen molar-refractivity contribution in [3.63, 3.8) is 0 Å². The normalized spacial score (nSPS) is 16.5. The average Bonchev–Trinajstić information content (AvgIpc) is 2.86. The molecule has 1 aliphatic carbocycles. The lowest BCUT2D eigenvalue weighted by Crippen LogP contribution is -2.50. The summed E-state index contributed by atoms with van der Waals surface area (Å²) in [6.45, 7) is 3.34. The van der Waals surface area contributed by atoms with E-state index in [1.165, 1.54) is 18.2 Å². The second-order valence-electron chi connectivity index (χ2n) is 7.92. The van der Waals surface area contributed by atoms with Gasteiger partial charge in [-0.1, -0.05) is 24.3 Å². The van der Waals surface area contributed by atoms with Crippen LogP contribution in [0.1, 0.15) is 42.2 Å². The Morgan fingerprint density at radius 3 is 2.27 bits per heavy atom. The Hall–Kier alpha value is -3.40. The Morgan fingerprint density at radius 2 is 1.61 bits per heavy atom. The number of amides is 2. The number of ketones is 2. The van der Waals surface area contributed by atoms with Crippen LogP contribution in [-0.4, -0.2) is 85.4 Å². The number of carbonyl (C=O) groups excluding carboxylic acids is 4. The van der Waals surface area contributed by atoms with E-state index in [1.54, 1.807) is 24.3 Å². The molecule has 0 spiro atoms. The molecule has 3 N–H and O–H groups in total. The van der Waals surface area contributed by atoms with Gasteiger partial charge in [0.25, 0.3) is 5.91 Å². The minimum atomic E-state index is -1.14. The maximum absolute atomic E-state index is 12.9. The zero-order valence-electron chi connectivity index (χ0n) is 18.0. The van der Waals surface area contributed by atoms with Gasteiger partial charge in [0.1, 0.15) is 6.04 Å². The van der Waals surface area contributed by atoms with E-state index in [0.717, 1.165) is 13.1 Å². The van der Waals surface area contributed by atoms with Crippen molar-refractivity contribution >= 4 is 23.4 Å². The van der Waals surface area contributed by atoms with Crippen LogP contribution in [0.5, 0.6) is 0 Å². The highest BCUT2D eigenvalue weighted by atomic mass is 16.5. The quantitative estimate of drug-likeness (QED) is 0.462. The van der Waals surface area contributed by atoms with Crippen LogP contribution in [0.25, 0.3) is 0 Å². The highest BCUT2D eigenvalue weighted by molar-refractivity contribution is 6.28. The van der Waals surface area contributed by atoms with Gasteiger partial charge in [-0.25, -0.2) is 0 Å². The van der Waals surface area contributed by atoms with E-state index >= 15 is 0 Å². The zero-order valence-corrected chi connectivity index (χ0v) is 18.0. The molecule has 33 heavy (non-hydrogen) atoms. The van der Waals surface area contributed by atoms with E-state index in [-0.39, 0.29) is 28.3 Å². The molecule has 2 amide bonds. The largest absolute Gasteiger partial charge is 0.394 e. The molecule has 2 aromatic rings. The Kier molecular flexibility index (Phi) is 6.93. The van der Waals surface area contributed by atoms with Gasteiger partial charge in [0.05, 0.1) is 19.8 Å². The average molecular weight is 451 g/mol. The molecule has 9 heteroatoms. The molecule has 1 unspecified atom stereocenters. The van der Waals surface area contributed by atoms with E-state index in [1.807, 2.05) is 0 Å². The highest BCUT2D eigenvalue weighted by Crippen LogP contribution is 2.27. The number of aliphatic hydroxyl groups excluding tert-OH is 1. The van der Waals surface area contributed by atoms with Crippen LogP contribution in [0.2, 0.25) is 0 Å². The third kappa shape index (κ3) is 4.85. The van der Waals surface area contributed by atoms with Crippen LogP contribution in [0.4, 0.5) is 0 Å². The molecule has 0 aromatic heterocycles. The van der Waals surface area contributed by atoms with E-state index in [2.05, 4.69) is 15.5 Å². The molecule has 4 rings (SSSR count). The lowest BCUT2D eigenvalue weighted by molar-refractivity contribution is -0.123. The van der Waals surface area contributed by atoms with Gasteiger partial charge in [-0.15, -0.1) is 0 Å². The predicted octanol–water partition coefficient (Wildman–Crippen LogP) is 0.00110. The van der Waals surface area contributed by atoms with Crippen molar-refractivity contribution < 1.29 is 29.0 Å². The summed E-state index contributed by atoms with van der Waals surface area (Å²) in [5, 5.41) is 14.8. The fourth-order valence-electron chi connectivity index (χ4n) is 3.96. The number of benzene rings is 2. The number of rotatable bonds is 7. The highest BCUT2D eigenvalue weighted by Gasteiger charge is 2.30. The maximum atomic E-state index is 12.9. The van der Waals surface area contributed by atoms with E-state index in [0.29, 0.717) is 37.4 Å². The fraction of sp³-hybridized carbons (Fsp3) is 0.333. The van der Waals surface area contributed by atoms with E-state index in [9.17, 15) is 24.3 Å². The van der Waals surface area contributed by atoms with E-state index in [4.69, 9.17) is 4.74 Å². The first-order chi connectivity index (χ1) is 16.0. The number of hydrogen-bond donors (Lipinski definition) is 3. The van der Waals surface area contributed by atoms with Crippen LogP contribution in [-0.2, 0) is 9.53 Å². The number of ether oxygens (including phenoxy) is 1. The number of nitrogens with one attached hydrogen (secondary N) is 2. The van der Waals surface area contributed by atoms with E-state index < -0.39 is 24.5 Å². The monoisotopic (exact) mass is 451 g/mol. The molecule has 0 bridgehead atoms. The maximum Gasteiger partial charge on any atom is 0.252 e. The van der Waals surface area contributed by atoms with Gasteiger partial charge in [-0.05, 0) is 18.2 Å². The molecule has 2 aliphatic rings. The molecule has 172 valence electrons.